The fourth-order valence-electron chi connectivity index (χ4n) is 1.91. The molecule has 2 N–H and O–H groups in total. The standard InChI is InChI=1S/C13H12N4/c14-13-16-11-6-1-2-7-12(11)17(13)9-10-5-3-4-8-15-10/h1-8H,9H2,(H2,14,16). The highest BCUT2D eigenvalue weighted by Gasteiger charge is 2.07. The first-order chi connectivity index (χ1) is 8.34. The Kier molecular flexibility index (Phi) is 2.26. The Labute approximate surface area is 98.7 Å². The molecule has 0 atom stereocenters. The number of benzene rings is 1. The van der Waals surface area contributed by atoms with Crippen LogP contribution < -0.4 is 5.73 Å². The maximum atomic E-state index is 5.93. The van der Waals surface area contributed by atoms with Crippen molar-refractivity contribution in [1.29, 1.82) is 0 Å². The van der Waals surface area contributed by atoms with Gasteiger partial charge in [-0.05, 0) is 24.3 Å². The summed E-state index contributed by atoms with van der Waals surface area (Å²) in [4.78, 5) is 8.62. The molecule has 3 rings (SSSR count). The van der Waals surface area contributed by atoms with Crippen LogP contribution in [0.4, 0.5) is 5.95 Å². The van der Waals surface area contributed by atoms with Crippen LogP contribution >= 0.6 is 0 Å². The molecular weight excluding hydrogens is 212 g/mol. The minimum Gasteiger partial charge on any atom is -0.369 e. The van der Waals surface area contributed by atoms with Crippen molar-refractivity contribution < 1.29 is 0 Å². The first-order valence-electron chi connectivity index (χ1n) is 5.45. The molecule has 0 saturated carbocycles. The Morgan fingerprint density at radius 1 is 1.06 bits per heavy atom. The Bertz CT molecular complexity index is 643. The lowest BCUT2D eigenvalue weighted by molar-refractivity contribution is 0.809. The van der Waals surface area contributed by atoms with Crippen molar-refractivity contribution in [3.63, 3.8) is 0 Å². The van der Waals surface area contributed by atoms with E-state index in [9.17, 15) is 0 Å². The zero-order valence-corrected chi connectivity index (χ0v) is 9.24. The summed E-state index contributed by atoms with van der Waals surface area (Å²) in [6, 6.07) is 13.8. The molecule has 2 heterocycles. The van der Waals surface area contributed by atoms with E-state index >= 15 is 0 Å². The molecule has 0 amide bonds. The minimum atomic E-state index is 0.525. The van der Waals surface area contributed by atoms with E-state index in [-0.39, 0.29) is 0 Å². The van der Waals surface area contributed by atoms with Gasteiger partial charge in [-0.15, -0.1) is 0 Å². The second-order valence-corrected chi connectivity index (χ2v) is 3.87. The number of para-hydroxylation sites is 2. The number of nitrogens with zero attached hydrogens (tertiary/aromatic N) is 3. The molecule has 17 heavy (non-hydrogen) atoms. The van der Waals surface area contributed by atoms with Gasteiger partial charge in [0.1, 0.15) is 0 Å². The van der Waals surface area contributed by atoms with Crippen LogP contribution in [-0.2, 0) is 6.54 Å². The maximum absolute atomic E-state index is 5.93. The van der Waals surface area contributed by atoms with Gasteiger partial charge in [0, 0.05) is 6.20 Å². The topological polar surface area (TPSA) is 56.7 Å². The number of fused-ring (bicyclic) bond motifs is 1. The normalized spacial score (nSPS) is 10.8. The average molecular weight is 224 g/mol. The lowest BCUT2D eigenvalue weighted by Crippen LogP contribution is -2.05. The first-order valence-corrected chi connectivity index (χ1v) is 5.45. The Morgan fingerprint density at radius 3 is 2.71 bits per heavy atom. The second kappa shape index (κ2) is 3.90. The highest BCUT2D eigenvalue weighted by atomic mass is 15.2. The molecule has 84 valence electrons. The molecule has 0 radical (unpaired) electrons. The molecule has 0 unspecified atom stereocenters. The second-order valence-electron chi connectivity index (χ2n) is 3.87. The number of hydrogen-bond donors (Lipinski definition) is 1. The van der Waals surface area contributed by atoms with Crippen molar-refractivity contribution in [2.24, 2.45) is 0 Å². The van der Waals surface area contributed by atoms with Gasteiger partial charge >= 0.3 is 0 Å². The summed E-state index contributed by atoms with van der Waals surface area (Å²) >= 11 is 0. The maximum Gasteiger partial charge on any atom is 0.201 e. The van der Waals surface area contributed by atoms with Crippen LogP contribution in [0, 0.1) is 0 Å². The third-order valence-electron chi connectivity index (χ3n) is 2.73. The molecule has 3 aromatic rings. The van der Waals surface area contributed by atoms with E-state index in [4.69, 9.17) is 5.73 Å². The van der Waals surface area contributed by atoms with Crippen LogP contribution in [0.25, 0.3) is 11.0 Å². The summed E-state index contributed by atoms with van der Waals surface area (Å²) in [5.41, 5.74) is 8.85. The van der Waals surface area contributed by atoms with E-state index in [2.05, 4.69) is 9.97 Å². The van der Waals surface area contributed by atoms with E-state index in [1.165, 1.54) is 0 Å². The van der Waals surface area contributed by atoms with Crippen LogP contribution in [0.2, 0.25) is 0 Å². The molecule has 0 aliphatic carbocycles. The van der Waals surface area contributed by atoms with Crippen LogP contribution in [0.3, 0.4) is 0 Å². The molecule has 4 nitrogen and oxygen atoms in total. The zero-order chi connectivity index (χ0) is 11.7. The van der Waals surface area contributed by atoms with E-state index in [0.29, 0.717) is 12.5 Å². The molecule has 0 saturated heterocycles. The average Bonchev–Trinajstić information content (AvgIpc) is 2.68. The summed E-state index contributed by atoms with van der Waals surface area (Å²) in [7, 11) is 0. The van der Waals surface area contributed by atoms with Gasteiger partial charge in [0.05, 0.1) is 23.3 Å². The zero-order valence-electron chi connectivity index (χ0n) is 9.24. The molecule has 0 fully saturated rings. The summed E-state index contributed by atoms with van der Waals surface area (Å²) in [6.45, 7) is 0.646. The summed E-state index contributed by atoms with van der Waals surface area (Å²) in [6.07, 6.45) is 1.78. The monoisotopic (exact) mass is 224 g/mol. The van der Waals surface area contributed by atoms with E-state index in [0.717, 1.165) is 16.7 Å². The van der Waals surface area contributed by atoms with Gasteiger partial charge in [0.15, 0.2) is 0 Å². The van der Waals surface area contributed by atoms with Gasteiger partial charge < -0.3 is 10.3 Å². The first kappa shape index (κ1) is 9.84. The Hall–Kier alpha value is -2.36. The molecule has 0 bridgehead atoms. The lowest BCUT2D eigenvalue weighted by atomic mass is 10.3. The van der Waals surface area contributed by atoms with E-state index in [1.54, 1.807) is 6.20 Å². The van der Waals surface area contributed by atoms with Crippen molar-refractivity contribution in [3.8, 4) is 0 Å². The fraction of sp³-hybridized carbons (Fsp3) is 0.0769. The van der Waals surface area contributed by atoms with Crippen molar-refractivity contribution in [3.05, 3.63) is 54.4 Å². The number of aromatic nitrogens is 3. The number of hydrogen-bond acceptors (Lipinski definition) is 3. The highest BCUT2D eigenvalue weighted by Crippen LogP contribution is 2.18. The molecule has 0 aliphatic heterocycles. The predicted octanol–water partition coefficient (Wildman–Crippen LogP) is 2.06. The van der Waals surface area contributed by atoms with Gasteiger partial charge in [-0.25, -0.2) is 4.98 Å². The van der Waals surface area contributed by atoms with Crippen molar-refractivity contribution >= 4 is 17.0 Å². The fourth-order valence-corrected chi connectivity index (χ4v) is 1.91. The third-order valence-corrected chi connectivity index (χ3v) is 2.73. The molecular formula is C13H12N4. The summed E-state index contributed by atoms with van der Waals surface area (Å²) in [5, 5.41) is 0. The molecule has 1 aromatic carbocycles. The van der Waals surface area contributed by atoms with Crippen molar-refractivity contribution in [2.75, 3.05) is 5.73 Å². The smallest absolute Gasteiger partial charge is 0.201 e. The number of anilines is 1. The Morgan fingerprint density at radius 2 is 1.88 bits per heavy atom. The van der Waals surface area contributed by atoms with Crippen LogP contribution in [0.15, 0.2) is 48.7 Å². The van der Waals surface area contributed by atoms with Gasteiger partial charge in [-0.2, -0.15) is 0 Å². The molecule has 0 spiro atoms. The number of nitrogen functional groups attached to an aromatic ring is 1. The SMILES string of the molecule is Nc1nc2ccccc2n1Cc1ccccn1. The van der Waals surface area contributed by atoms with Crippen molar-refractivity contribution in [2.45, 2.75) is 6.54 Å². The third kappa shape index (κ3) is 1.73. The highest BCUT2D eigenvalue weighted by molar-refractivity contribution is 5.78. The van der Waals surface area contributed by atoms with Crippen molar-refractivity contribution in [1.82, 2.24) is 14.5 Å². The van der Waals surface area contributed by atoms with Crippen LogP contribution in [-0.4, -0.2) is 14.5 Å². The number of rotatable bonds is 2. The van der Waals surface area contributed by atoms with Gasteiger partial charge in [-0.1, -0.05) is 18.2 Å². The molecule has 4 heteroatoms. The lowest BCUT2D eigenvalue weighted by Gasteiger charge is -2.05. The summed E-state index contributed by atoms with van der Waals surface area (Å²) < 4.78 is 1.97. The quantitative estimate of drug-likeness (QED) is 0.724. The van der Waals surface area contributed by atoms with Crippen LogP contribution in [0.1, 0.15) is 5.69 Å². The molecule has 0 aliphatic rings. The van der Waals surface area contributed by atoms with E-state index < -0.39 is 0 Å². The number of nitrogens with two attached hydrogens (primary N) is 1. The largest absolute Gasteiger partial charge is 0.369 e. The molecule has 2 aromatic heterocycles. The number of pyridine rings is 1. The predicted molar refractivity (Wildman–Crippen MR) is 67.5 cm³/mol. The van der Waals surface area contributed by atoms with Gasteiger partial charge in [-0.3, -0.25) is 4.98 Å². The Balaban J connectivity index is 2.08. The van der Waals surface area contributed by atoms with Gasteiger partial charge in [0.2, 0.25) is 5.95 Å². The summed E-state index contributed by atoms with van der Waals surface area (Å²) in [5.74, 6) is 0.525. The van der Waals surface area contributed by atoms with Crippen LogP contribution in [0.5, 0.6) is 0 Å². The minimum absolute atomic E-state index is 0.525. The van der Waals surface area contributed by atoms with Gasteiger partial charge in [0.25, 0.3) is 0 Å². The number of imidazole rings is 1. The van der Waals surface area contributed by atoms with E-state index in [1.807, 2.05) is 47.0 Å².